The van der Waals surface area contributed by atoms with Gasteiger partial charge in [-0.25, -0.2) is 0 Å². The van der Waals surface area contributed by atoms with Crippen molar-refractivity contribution in [1.82, 2.24) is 9.88 Å². The number of pyridine rings is 1. The van der Waals surface area contributed by atoms with Crippen LogP contribution in [0, 0.1) is 5.41 Å². The maximum Gasteiger partial charge on any atom is 0.119 e. The lowest BCUT2D eigenvalue weighted by Crippen LogP contribution is -2.42. The van der Waals surface area contributed by atoms with Crippen molar-refractivity contribution >= 4 is 33.8 Å². The third-order valence-electron chi connectivity index (χ3n) is 7.12. The second kappa shape index (κ2) is 11.2. The fourth-order valence-corrected chi connectivity index (χ4v) is 5.88. The summed E-state index contributed by atoms with van der Waals surface area (Å²) in [6.45, 7) is 3.24. The number of nitrogens with zero attached hydrogens (tertiary/aromatic N) is 2. The number of likely N-dealkylation sites (tertiary alicyclic amines) is 1. The molecule has 1 aliphatic heterocycles. The molecule has 0 unspecified atom stereocenters. The number of benzene rings is 1. The predicted molar refractivity (Wildman–Crippen MR) is 135 cm³/mol. The molecule has 0 aliphatic carbocycles. The molecule has 33 heavy (non-hydrogen) atoms. The lowest BCUT2D eigenvalue weighted by atomic mass is 9.74. The molecule has 0 amide bonds. The molecular weight excluding hydrogens is 456 g/mol. The summed E-state index contributed by atoms with van der Waals surface area (Å²) in [5, 5.41) is 27.0. The van der Waals surface area contributed by atoms with Crippen molar-refractivity contribution in [2.75, 3.05) is 33.4 Å². The van der Waals surface area contributed by atoms with Crippen molar-refractivity contribution in [3.8, 4) is 5.75 Å². The molecule has 3 aromatic rings. The molecule has 1 fully saturated rings. The van der Waals surface area contributed by atoms with Crippen LogP contribution in [0.25, 0.3) is 10.9 Å². The van der Waals surface area contributed by atoms with Crippen molar-refractivity contribution in [3.63, 3.8) is 0 Å². The van der Waals surface area contributed by atoms with E-state index in [1.165, 1.54) is 12.0 Å². The number of aliphatic hydroxyl groups excluding tert-OH is 2. The molecule has 4 rings (SSSR count). The summed E-state index contributed by atoms with van der Waals surface area (Å²) >= 11 is 8.23. The zero-order chi connectivity index (χ0) is 23.3. The van der Waals surface area contributed by atoms with Gasteiger partial charge in [0.1, 0.15) is 5.75 Å². The fourth-order valence-electron chi connectivity index (χ4n) is 4.90. The zero-order valence-corrected chi connectivity index (χ0v) is 20.7. The van der Waals surface area contributed by atoms with Crippen LogP contribution in [0.5, 0.6) is 5.75 Å². The van der Waals surface area contributed by atoms with Crippen molar-refractivity contribution in [1.29, 1.82) is 0 Å². The number of halogens is 1. The number of aryl methyl sites for hydroxylation is 1. The Morgan fingerprint density at radius 3 is 2.79 bits per heavy atom. The maximum atomic E-state index is 11.1. The Kier molecular flexibility index (Phi) is 8.25. The van der Waals surface area contributed by atoms with Crippen molar-refractivity contribution in [2.45, 2.75) is 44.6 Å². The lowest BCUT2D eigenvalue weighted by molar-refractivity contribution is 0.0234. The van der Waals surface area contributed by atoms with Crippen LogP contribution in [0.4, 0.5) is 0 Å². The van der Waals surface area contributed by atoms with Gasteiger partial charge in [-0.1, -0.05) is 11.6 Å². The molecule has 3 heterocycles. The van der Waals surface area contributed by atoms with E-state index in [2.05, 4.69) is 26.7 Å². The van der Waals surface area contributed by atoms with Gasteiger partial charge in [0.25, 0.3) is 0 Å². The van der Waals surface area contributed by atoms with E-state index in [0.717, 1.165) is 56.2 Å². The molecule has 1 saturated heterocycles. The maximum absolute atomic E-state index is 11.1. The largest absolute Gasteiger partial charge is 0.497 e. The summed E-state index contributed by atoms with van der Waals surface area (Å²) in [5.74, 6) is 0.707. The van der Waals surface area contributed by atoms with Gasteiger partial charge in [0.05, 0.1) is 23.8 Å². The number of aliphatic hydroxyl groups is 2. The smallest absolute Gasteiger partial charge is 0.119 e. The highest BCUT2D eigenvalue weighted by Crippen LogP contribution is 2.40. The number of hydrogen-bond donors (Lipinski definition) is 2. The van der Waals surface area contributed by atoms with E-state index in [1.807, 2.05) is 18.2 Å². The van der Waals surface area contributed by atoms with Crippen molar-refractivity contribution in [2.24, 2.45) is 5.41 Å². The predicted octanol–water partition coefficient (Wildman–Crippen LogP) is 5.48. The summed E-state index contributed by atoms with van der Waals surface area (Å²) in [6.07, 6.45) is 6.39. The Hall–Kier alpha value is -1.70. The molecule has 0 saturated carbocycles. The zero-order valence-electron chi connectivity index (χ0n) is 19.2. The molecular formula is C26H33ClN2O3S. The van der Waals surface area contributed by atoms with Gasteiger partial charge >= 0.3 is 0 Å². The van der Waals surface area contributed by atoms with Crippen LogP contribution in [-0.2, 0) is 6.42 Å². The first-order valence-corrected chi connectivity index (χ1v) is 13.0. The standard InChI is InChI=1S/C26H33ClN2O3S/c1-32-20-4-5-23-21(15-20)25(22(27)16-28-23)24(31)6-8-26(18-30)9-12-29(13-10-26)11-2-3-19-7-14-33-17-19/h4-5,7,14-17,24,30-31H,2-3,6,8-13,18H2,1H3/t24-/m0/s1. The van der Waals surface area contributed by atoms with E-state index in [4.69, 9.17) is 16.3 Å². The molecule has 178 valence electrons. The van der Waals surface area contributed by atoms with Crippen LogP contribution < -0.4 is 4.74 Å². The quantitative estimate of drug-likeness (QED) is 0.395. The van der Waals surface area contributed by atoms with Crippen LogP contribution in [-0.4, -0.2) is 53.4 Å². The molecule has 1 atom stereocenters. The summed E-state index contributed by atoms with van der Waals surface area (Å²) in [6, 6.07) is 7.82. The van der Waals surface area contributed by atoms with Crippen LogP contribution in [0.2, 0.25) is 5.02 Å². The highest BCUT2D eigenvalue weighted by atomic mass is 35.5. The number of piperidine rings is 1. The van der Waals surface area contributed by atoms with Gasteiger partial charge < -0.3 is 19.8 Å². The van der Waals surface area contributed by atoms with Crippen molar-refractivity contribution < 1.29 is 14.9 Å². The summed E-state index contributed by atoms with van der Waals surface area (Å²) < 4.78 is 5.35. The Balaban J connectivity index is 1.35. The van der Waals surface area contributed by atoms with Crippen LogP contribution in [0.15, 0.2) is 41.2 Å². The fraction of sp³-hybridized carbons (Fsp3) is 0.500. The first-order chi connectivity index (χ1) is 16.0. The number of fused-ring (bicyclic) bond motifs is 1. The van der Waals surface area contributed by atoms with Crippen molar-refractivity contribution in [3.05, 3.63) is 57.4 Å². The van der Waals surface area contributed by atoms with Gasteiger partial charge in [-0.2, -0.15) is 11.3 Å². The normalized spacial score (nSPS) is 17.3. The SMILES string of the molecule is COc1ccc2ncc(Cl)c([C@@H](O)CCC3(CO)CCN(CCCc4ccsc4)CC3)c2c1. The second-order valence-corrected chi connectivity index (χ2v) is 10.4. The molecule has 1 aromatic carbocycles. The molecule has 0 bridgehead atoms. The highest BCUT2D eigenvalue weighted by Gasteiger charge is 2.34. The van der Waals surface area contributed by atoms with Gasteiger partial charge in [-0.3, -0.25) is 4.98 Å². The third kappa shape index (κ3) is 5.87. The minimum Gasteiger partial charge on any atom is -0.497 e. The number of methoxy groups -OCH3 is 1. The number of rotatable bonds is 10. The van der Waals surface area contributed by atoms with Crippen LogP contribution in [0.3, 0.4) is 0 Å². The van der Waals surface area contributed by atoms with Gasteiger partial charge in [0.15, 0.2) is 0 Å². The van der Waals surface area contributed by atoms with Gasteiger partial charge in [0.2, 0.25) is 0 Å². The summed E-state index contributed by atoms with van der Waals surface area (Å²) in [7, 11) is 1.62. The van der Waals surface area contributed by atoms with E-state index >= 15 is 0 Å². The highest BCUT2D eigenvalue weighted by molar-refractivity contribution is 7.07. The minimum atomic E-state index is -0.720. The number of ether oxygens (including phenoxy) is 1. The first kappa shape index (κ1) is 24.4. The first-order valence-electron chi connectivity index (χ1n) is 11.7. The molecule has 1 aliphatic rings. The van der Waals surface area contributed by atoms with E-state index in [1.54, 1.807) is 24.6 Å². The second-order valence-electron chi connectivity index (χ2n) is 9.19. The summed E-state index contributed by atoms with van der Waals surface area (Å²) in [4.78, 5) is 6.89. The van der Waals surface area contributed by atoms with Gasteiger partial charge in [-0.05, 0) is 104 Å². The Morgan fingerprint density at radius 2 is 2.09 bits per heavy atom. The van der Waals surface area contributed by atoms with Crippen LogP contribution in [0.1, 0.15) is 49.3 Å². The molecule has 5 nitrogen and oxygen atoms in total. The van der Waals surface area contributed by atoms with E-state index in [9.17, 15) is 10.2 Å². The number of thiophene rings is 1. The van der Waals surface area contributed by atoms with E-state index < -0.39 is 6.10 Å². The Labute approximate surface area is 205 Å². The number of aromatic nitrogens is 1. The Bertz CT molecular complexity index is 1040. The number of hydrogen-bond acceptors (Lipinski definition) is 6. The average Bonchev–Trinajstić information content (AvgIpc) is 3.36. The molecule has 2 N–H and O–H groups in total. The average molecular weight is 489 g/mol. The lowest BCUT2D eigenvalue weighted by Gasteiger charge is -2.41. The van der Waals surface area contributed by atoms with Crippen LogP contribution >= 0.6 is 22.9 Å². The van der Waals surface area contributed by atoms with E-state index in [-0.39, 0.29) is 12.0 Å². The minimum absolute atomic E-state index is 0.141. The molecule has 7 heteroatoms. The molecule has 2 aromatic heterocycles. The summed E-state index contributed by atoms with van der Waals surface area (Å²) in [5.41, 5.74) is 2.76. The van der Waals surface area contributed by atoms with Gasteiger partial charge in [0, 0.05) is 23.8 Å². The third-order valence-corrected chi connectivity index (χ3v) is 8.15. The topological polar surface area (TPSA) is 65.8 Å². The Morgan fingerprint density at radius 1 is 1.27 bits per heavy atom. The molecule has 0 spiro atoms. The van der Waals surface area contributed by atoms with Gasteiger partial charge in [-0.15, -0.1) is 0 Å². The monoisotopic (exact) mass is 488 g/mol. The van der Waals surface area contributed by atoms with E-state index in [0.29, 0.717) is 22.8 Å². The molecule has 0 radical (unpaired) electrons.